The van der Waals surface area contributed by atoms with Crippen LogP contribution in [0.1, 0.15) is 43.5 Å². The van der Waals surface area contributed by atoms with Gasteiger partial charge in [0.2, 0.25) is 0 Å². The average molecular weight is 263 g/mol. The summed E-state index contributed by atoms with van der Waals surface area (Å²) in [7, 11) is 0. The number of piperidine rings is 1. The summed E-state index contributed by atoms with van der Waals surface area (Å²) < 4.78 is 13.6. The first-order valence-electron chi connectivity index (χ1n) is 7.12. The lowest BCUT2D eigenvalue weighted by molar-refractivity contribution is 0.0837. The predicted molar refractivity (Wildman–Crippen MR) is 74.8 cm³/mol. The highest BCUT2D eigenvalue weighted by molar-refractivity contribution is 5.98. The lowest BCUT2D eigenvalue weighted by atomic mass is 9.96. The van der Waals surface area contributed by atoms with Gasteiger partial charge in [0.1, 0.15) is 5.82 Å². The zero-order chi connectivity index (χ0) is 13.8. The number of hydrogen-bond donors (Lipinski definition) is 0. The van der Waals surface area contributed by atoms with Gasteiger partial charge in [-0.1, -0.05) is 25.5 Å². The molecule has 0 aliphatic carbocycles. The maximum absolute atomic E-state index is 13.6. The van der Waals surface area contributed by atoms with Crippen molar-refractivity contribution in [1.29, 1.82) is 0 Å². The Morgan fingerprint density at radius 1 is 1.42 bits per heavy atom. The van der Waals surface area contributed by atoms with Gasteiger partial charge in [-0.15, -0.1) is 0 Å². The van der Waals surface area contributed by atoms with Crippen molar-refractivity contribution in [1.82, 2.24) is 4.90 Å². The minimum atomic E-state index is -0.411. The summed E-state index contributed by atoms with van der Waals surface area (Å²) >= 11 is 0. The molecule has 0 radical (unpaired) electrons. The van der Waals surface area contributed by atoms with Crippen LogP contribution in [0.5, 0.6) is 0 Å². The summed E-state index contributed by atoms with van der Waals surface area (Å²) in [6.07, 6.45) is 3.67. The van der Waals surface area contributed by atoms with Gasteiger partial charge in [0.15, 0.2) is 5.78 Å². The number of carbonyl (C=O) groups is 1. The Labute approximate surface area is 114 Å². The minimum Gasteiger partial charge on any atom is -0.300 e. The SMILES string of the molecule is CC(CN1CCCCC1C)C(=O)c1ccccc1F. The molecule has 1 aromatic carbocycles. The van der Waals surface area contributed by atoms with E-state index in [9.17, 15) is 9.18 Å². The number of carbonyl (C=O) groups excluding carboxylic acids is 1. The van der Waals surface area contributed by atoms with Crippen LogP contribution in [0, 0.1) is 11.7 Å². The number of rotatable bonds is 4. The Bertz CT molecular complexity index is 446. The van der Waals surface area contributed by atoms with E-state index in [2.05, 4.69) is 11.8 Å². The monoisotopic (exact) mass is 263 g/mol. The fraction of sp³-hybridized carbons (Fsp3) is 0.562. The molecule has 104 valence electrons. The van der Waals surface area contributed by atoms with Gasteiger partial charge in [-0.05, 0) is 38.4 Å². The molecule has 3 heteroatoms. The molecule has 0 saturated carbocycles. The molecule has 0 bridgehead atoms. The first kappa shape index (κ1) is 14.2. The van der Waals surface area contributed by atoms with Crippen LogP contribution in [0.25, 0.3) is 0 Å². The molecule has 0 N–H and O–H groups in total. The van der Waals surface area contributed by atoms with Crippen molar-refractivity contribution in [2.24, 2.45) is 5.92 Å². The normalized spacial score (nSPS) is 22.2. The fourth-order valence-corrected chi connectivity index (χ4v) is 2.79. The van der Waals surface area contributed by atoms with Crippen molar-refractivity contribution < 1.29 is 9.18 Å². The van der Waals surface area contributed by atoms with Crippen LogP contribution in [0.3, 0.4) is 0 Å². The number of halogens is 1. The van der Waals surface area contributed by atoms with E-state index >= 15 is 0 Å². The molecule has 0 spiro atoms. The molecule has 1 aliphatic heterocycles. The van der Waals surface area contributed by atoms with Crippen molar-refractivity contribution in [2.45, 2.75) is 39.2 Å². The Balaban J connectivity index is 2.01. The number of likely N-dealkylation sites (tertiary alicyclic amines) is 1. The molecule has 2 atom stereocenters. The second kappa shape index (κ2) is 6.29. The van der Waals surface area contributed by atoms with Crippen LogP contribution in [-0.4, -0.2) is 29.8 Å². The second-order valence-corrected chi connectivity index (χ2v) is 5.58. The summed E-state index contributed by atoms with van der Waals surface area (Å²) in [6, 6.07) is 6.79. The lowest BCUT2D eigenvalue weighted by Crippen LogP contribution is -2.41. The molecule has 2 nitrogen and oxygen atoms in total. The molecule has 1 fully saturated rings. The van der Waals surface area contributed by atoms with Gasteiger partial charge in [-0.25, -0.2) is 4.39 Å². The van der Waals surface area contributed by atoms with E-state index in [4.69, 9.17) is 0 Å². The van der Waals surface area contributed by atoms with Crippen LogP contribution in [-0.2, 0) is 0 Å². The Kier molecular flexibility index (Phi) is 4.70. The van der Waals surface area contributed by atoms with E-state index < -0.39 is 5.82 Å². The second-order valence-electron chi connectivity index (χ2n) is 5.58. The standard InChI is InChI=1S/C16H22FNO/c1-12(11-18-10-6-5-7-13(18)2)16(19)14-8-3-4-9-15(14)17/h3-4,8-9,12-13H,5-7,10-11H2,1-2H3. The summed E-state index contributed by atoms with van der Waals surface area (Å²) in [4.78, 5) is 14.6. The van der Waals surface area contributed by atoms with Gasteiger partial charge in [-0.2, -0.15) is 0 Å². The summed E-state index contributed by atoms with van der Waals surface area (Å²) in [6.45, 7) is 5.89. The van der Waals surface area contributed by atoms with Crippen molar-refractivity contribution in [2.75, 3.05) is 13.1 Å². The number of ketones is 1. The molecule has 2 rings (SSSR count). The van der Waals surface area contributed by atoms with E-state index in [1.807, 2.05) is 6.92 Å². The third-order valence-corrected chi connectivity index (χ3v) is 4.04. The first-order valence-corrected chi connectivity index (χ1v) is 7.12. The molecule has 0 amide bonds. The van der Waals surface area contributed by atoms with Crippen LogP contribution < -0.4 is 0 Å². The smallest absolute Gasteiger partial charge is 0.169 e. The first-order chi connectivity index (χ1) is 9.09. The molecule has 0 aromatic heterocycles. The average Bonchev–Trinajstić information content (AvgIpc) is 2.41. The van der Waals surface area contributed by atoms with Crippen molar-refractivity contribution >= 4 is 5.78 Å². The van der Waals surface area contributed by atoms with Crippen molar-refractivity contribution in [3.63, 3.8) is 0 Å². The van der Waals surface area contributed by atoms with Crippen LogP contribution in [0.15, 0.2) is 24.3 Å². The van der Waals surface area contributed by atoms with Crippen molar-refractivity contribution in [3.05, 3.63) is 35.6 Å². The molecule has 2 unspecified atom stereocenters. The minimum absolute atomic E-state index is 0.0872. The summed E-state index contributed by atoms with van der Waals surface area (Å²) in [5.74, 6) is -0.653. The van der Waals surface area contributed by atoms with E-state index in [-0.39, 0.29) is 17.3 Å². The maximum Gasteiger partial charge on any atom is 0.169 e. The van der Waals surface area contributed by atoms with E-state index in [1.54, 1.807) is 18.2 Å². The molecule has 1 aliphatic rings. The van der Waals surface area contributed by atoms with Crippen LogP contribution >= 0.6 is 0 Å². The maximum atomic E-state index is 13.6. The number of nitrogens with zero attached hydrogens (tertiary/aromatic N) is 1. The van der Waals surface area contributed by atoms with E-state index in [0.29, 0.717) is 6.04 Å². The summed E-state index contributed by atoms with van der Waals surface area (Å²) in [5.41, 5.74) is 0.222. The Morgan fingerprint density at radius 3 is 2.84 bits per heavy atom. The van der Waals surface area contributed by atoms with Gasteiger partial charge in [0.25, 0.3) is 0 Å². The Hall–Kier alpha value is -1.22. The van der Waals surface area contributed by atoms with Gasteiger partial charge in [-0.3, -0.25) is 9.69 Å². The van der Waals surface area contributed by atoms with Gasteiger partial charge >= 0.3 is 0 Å². The molecule has 1 aromatic rings. The van der Waals surface area contributed by atoms with Crippen LogP contribution in [0.2, 0.25) is 0 Å². The topological polar surface area (TPSA) is 20.3 Å². The third kappa shape index (κ3) is 3.41. The van der Waals surface area contributed by atoms with Gasteiger partial charge in [0.05, 0.1) is 5.56 Å². The largest absolute Gasteiger partial charge is 0.300 e. The highest BCUT2D eigenvalue weighted by Gasteiger charge is 2.24. The third-order valence-electron chi connectivity index (χ3n) is 4.04. The van der Waals surface area contributed by atoms with E-state index in [0.717, 1.165) is 13.1 Å². The van der Waals surface area contributed by atoms with Crippen molar-refractivity contribution in [3.8, 4) is 0 Å². The van der Waals surface area contributed by atoms with Gasteiger partial charge in [0, 0.05) is 18.5 Å². The highest BCUT2D eigenvalue weighted by atomic mass is 19.1. The lowest BCUT2D eigenvalue weighted by Gasteiger charge is -2.34. The fourth-order valence-electron chi connectivity index (χ4n) is 2.79. The van der Waals surface area contributed by atoms with E-state index in [1.165, 1.54) is 25.3 Å². The molecule has 1 heterocycles. The zero-order valence-corrected chi connectivity index (χ0v) is 11.7. The van der Waals surface area contributed by atoms with Crippen LogP contribution in [0.4, 0.5) is 4.39 Å². The molecular formula is C16H22FNO. The quantitative estimate of drug-likeness (QED) is 0.775. The molecule has 1 saturated heterocycles. The molecular weight excluding hydrogens is 241 g/mol. The molecule has 19 heavy (non-hydrogen) atoms. The number of Topliss-reactive ketones (excluding diaryl/α,β-unsaturated/α-hetero) is 1. The number of benzene rings is 1. The highest BCUT2D eigenvalue weighted by Crippen LogP contribution is 2.20. The predicted octanol–water partition coefficient (Wildman–Crippen LogP) is 3.52. The number of hydrogen-bond acceptors (Lipinski definition) is 2. The Morgan fingerprint density at radius 2 is 2.16 bits per heavy atom. The summed E-state index contributed by atoms with van der Waals surface area (Å²) in [5, 5.41) is 0. The van der Waals surface area contributed by atoms with Gasteiger partial charge < -0.3 is 0 Å². The zero-order valence-electron chi connectivity index (χ0n) is 11.7.